The third-order valence-electron chi connectivity index (χ3n) is 1.88. The zero-order valence-corrected chi connectivity index (χ0v) is 9.51. The summed E-state index contributed by atoms with van der Waals surface area (Å²) in [6.07, 6.45) is -0.824. The molecule has 15 heavy (non-hydrogen) atoms. The molecule has 84 valence electrons. The molecular formula is C9H11BrF2N2O. The number of rotatable bonds is 4. The van der Waals surface area contributed by atoms with Gasteiger partial charge in [0, 0.05) is 24.8 Å². The molecule has 0 aliphatic carbocycles. The summed E-state index contributed by atoms with van der Waals surface area (Å²) in [6, 6.07) is 1.49. The Morgan fingerprint density at radius 3 is 2.80 bits per heavy atom. The normalized spacial score (nSPS) is 10.9. The largest absolute Gasteiger partial charge is 0.398 e. The second kappa shape index (κ2) is 5.25. The Bertz CT molecular complexity index is 392. The van der Waals surface area contributed by atoms with Gasteiger partial charge in [-0.3, -0.25) is 4.79 Å². The second-order valence-corrected chi connectivity index (χ2v) is 4.01. The van der Waals surface area contributed by atoms with Crippen LogP contribution in [0, 0.1) is 0 Å². The van der Waals surface area contributed by atoms with Crippen molar-refractivity contribution in [2.75, 3.05) is 5.73 Å². The molecule has 0 aliphatic heterocycles. The quantitative estimate of drug-likeness (QED) is 0.920. The molecule has 0 amide bonds. The van der Waals surface area contributed by atoms with Crippen LogP contribution < -0.4 is 11.3 Å². The summed E-state index contributed by atoms with van der Waals surface area (Å²) in [4.78, 5) is 11.5. The van der Waals surface area contributed by atoms with Gasteiger partial charge in [-0.05, 0) is 28.4 Å². The lowest BCUT2D eigenvalue weighted by molar-refractivity contribution is 0.133. The molecule has 0 fully saturated rings. The lowest BCUT2D eigenvalue weighted by Gasteiger charge is -2.07. The number of nitrogen functional groups attached to an aromatic ring is 1. The summed E-state index contributed by atoms with van der Waals surface area (Å²) < 4.78 is 25.4. The Hall–Kier alpha value is -0.910. The van der Waals surface area contributed by atoms with E-state index in [0.717, 1.165) is 0 Å². The molecule has 6 heteroatoms. The number of anilines is 1. The van der Waals surface area contributed by atoms with Crippen LogP contribution in [0.3, 0.4) is 0 Å². The van der Waals surface area contributed by atoms with Crippen molar-refractivity contribution in [2.24, 2.45) is 0 Å². The van der Waals surface area contributed by atoms with E-state index in [2.05, 4.69) is 15.9 Å². The van der Waals surface area contributed by atoms with E-state index < -0.39 is 6.43 Å². The van der Waals surface area contributed by atoms with Gasteiger partial charge in [-0.2, -0.15) is 0 Å². The van der Waals surface area contributed by atoms with E-state index in [4.69, 9.17) is 5.73 Å². The number of hydrogen-bond acceptors (Lipinski definition) is 2. The van der Waals surface area contributed by atoms with Gasteiger partial charge in [0.05, 0.1) is 4.47 Å². The molecule has 1 heterocycles. The standard InChI is InChI=1S/C9H11BrF2N2O/c10-7-4-6(13)5-14(9(7)15)3-1-2-8(11)12/h4-5,8H,1-3,13H2. The maximum absolute atomic E-state index is 11.9. The van der Waals surface area contributed by atoms with Crippen LogP contribution in [0.15, 0.2) is 21.5 Å². The predicted octanol–water partition coefficient (Wildman–Crippen LogP) is 2.24. The van der Waals surface area contributed by atoms with Crippen molar-refractivity contribution in [3.05, 3.63) is 27.1 Å². The van der Waals surface area contributed by atoms with Gasteiger partial charge in [-0.15, -0.1) is 0 Å². The number of halogens is 3. The summed E-state index contributed by atoms with van der Waals surface area (Å²) in [5.74, 6) is 0. The molecule has 1 aromatic heterocycles. The zero-order chi connectivity index (χ0) is 11.4. The number of aromatic nitrogens is 1. The second-order valence-electron chi connectivity index (χ2n) is 3.15. The van der Waals surface area contributed by atoms with Crippen LogP contribution in [0.2, 0.25) is 0 Å². The van der Waals surface area contributed by atoms with Crippen LogP contribution in [-0.4, -0.2) is 11.0 Å². The fourth-order valence-corrected chi connectivity index (χ4v) is 1.70. The molecular weight excluding hydrogens is 270 g/mol. The Labute approximate surface area is 94.0 Å². The number of hydrogen-bond donors (Lipinski definition) is 1. The molecule has 0 aromatic carbocycles. The van der Waals surface area contributed by atoms with Gasteiger partial charge in [-0.25, -0.2) is 8.78 Å². The highest BCUT2D eigenvalue weighted by Gasteiger charge is 2.05. The van der Waals surface area contributed by atoms with Crippen molar-refractivity contribution in [1.29, 1.82) is 0 Å². The summed E-state index contributed by atoms with van der Waals surface area (Å²) >= 11 is 3.06. The van der Waals surface area contributed by atoms with Crippen molar-refractivity contribution in [1.82, 2.24) is 4.57 Å². The maximum atomic E-state index is 11.9. The van der Waals surface area contributed by atoms with Gasteiger partial charge in [0.1, 0.15) is 0 Å². The average Bonchev–Trinajstić information content (AvgIpc) is 2.12. The first-order valence-corrected chi connectivity index (χ1v) is 5.23. The highest BCUT2D eigenvalue weighted by Crippen LogP contribution is 2.10. The van der Waals surface area contributed by atoms with Gasteiger partial charge in [-0.1, -0.05) is 0 Å². The minimum absolute atomic E-state index is 0.209. The Balaban J connectivity index is 2.73. The van der Waals surface area contributed by atoms with Crippen LogP contribution >= 0.6 is 15.9 Å². The van der Waals surface area contributed by atoms with Gasteiger partial charge in [0.15, 0.2) is 0 Å². The minimum atomic E-state index is -2.33. The third kappa shape index (κ3) is 3.62. The minimum Gasteiger partial charge on any atom is -0.398 e. The van der Waals surface area contributed by atoms with Crippen LogP contribution in [0.5, 0.6) is 0 Å². The summed E-state index contributed by atoms with van der Waals surface area (Å²) in [6.45, 7) is 0.257. The third-order valence-corrected chi connectivity index (χ3v) is 2.45. The molecule has 0 aliphatic rings. The van der Waals surface area contributed by atoms with E-state index in [-0.39, 0.29) is 24.9 Å². The fourth-order valence-electron chi connectivity index (χ4n) is 1.20. The average molecular weight is 281 g/mol. The molecule has 0 saturated heterocycles. The maximum Gasteiger partial charge on any atom is 0.264 e. The first kappa shape index (κ1) is 12.2. The predicted molar refractivity (Wildman–Crippen MR) is 58.1 cm³/mol. The fraction of sp³-hybridized carbons (Fsp3) is 0.444. The molecule has 1 aromatic rings. The van der Waals surface area contributed by atoms with Crippen molar-refractivity contribution in [3.8, 4) is 0 Å². The first-order chi connectivity index (χ1) is 7.00. The lowest BCUT2D eigenvalue weighted by atomic mass is 10.3. The Morgan fingerprint density at radius 1 is 1.53 bits per heavy atom. The topological polar surface area (TPSA) is 48.0 Å². The van der Waals surface area contributed by atoms with E-state index >= 15 is 0 Å². The van der Waals surface area contributed by atoms with E-state index in [0.29, 0.717) is 10.2 Å². The monoisotopic (exact) mass is 280 g/mol. The number of nitrogens with zero attached hydrogens (tertiary/aromatic N) is 1. The molecule has 0 spiro atoms. The van der Waals surface area contributed by atoms with Crippen molar-refractivity contribution in [3.63, 3.8) is 0 Å². The first-order valence-electron chi connectivity index (χ1n) is 4.44. The van der Waals surface area contributed by atoms with Crippen LogP contribution in [0.4, 0.5) is 14.5 Å². The van der Waals surface area contributed by atoms with E-state index in [1.54, 1.807) is 0 Å². The number of nitrogens with two attached hydrogens (primary N) is 1. The summed E-state index contributed by atoms with van der Waals surface area (Å²) in [5.41, 5.74) is 5.70. The van der Waals surface area contributed by atoms with Crippen LogP contribution in [-0.2, 0) is 6.54 Å². The summed E-state index contributed by atoms with van der Waals surface area (Å²) in [5, 5.41) is 0. The van der Waals surface area contributed by atoms with E-state index in [1.807, 2.05) is 0 Å². The number of alkyl halides is 2. The Morgan fingerprint density at radius 2 is 2.20 bits per heavy atom. The Kier molecular flexibility index (Phi) is 4.26. The van der Waals surface area contributed by atoms with Crippen LogP contribution in [0.1, 0.15) is 12.8 Å². The zero-order valence-electron chi connectivity index (χ0n) is 7.92. The van der Waals surface area contributed by atoms with Gasteiger partial charge in [0.2, 0.25) is 6.43 Å². The number of aryl methyl sites for hydroxylation is 1. The molecule has 3 nitrogen and oxygen atoms in total. The molecule has 0 unspecified atom stereocenters. The summed E-state index contributed by atoms with van der Waals surface area (Å²) in [7, 11) is 0. The highest BCUT2D eigenvalue weighted by molar-refractivity contribution is 9.10. The van der Waals surface area contributed by atoms with Gasteiger partial charge >= 0.3 is 0 Å². The van der Waals surface area contributed by atoms with Crippen molar-refractivity contribution in [2.45, 2.75) is 25.8 Å². The van der Waals surface area contributed by atoms with Crippen molar-refractivity contribution < 1.29 is 8.78 Å². The van der Waals surface area contributed by atoms with E-state index in [9.17, 15) is 13.6 Å². The molecule has 1 rings (SSSR count). The molecule has 0 radical (unpaired) electrons. The molecule has 0 bridgehead atoms. The highest BCUT2D eigenvalue weighted by atomic mass is 79.9. The molecule has 0 atom stereocenters. The van der Waals surface area contributed by atoms with E-state index in [1.165, 1.54) is 16.8 Å². The van der Waals surface area contributed by atoms with Crippen molar-refractivity contribution >= 4 is 21.6 Å². The lowest BCUT2D eigenvalue weighted by Crippen LogP contribution is -2.21. The molecule has 2 N–H and O–H groups in total. The van der Waals surface area contributed by atoms with Gasteiger partial charge in [0.25, 0.3) is 5.56 Å². The SMILES string of the molecule is Nc1cc(Br)c(=O)n(CCCC(F)F)c1. The smallest absolute Gasteiger partial charge is 0.264 e. The molecule has 0 saturated carbocycles. The van der Waals surface area contributed by atoms with Gasteiger partial charge < -0.3 is 10.3 Å². The van der Waals surface area contributed by atoms with Crippen LogP contribution in [0.25, 0.3) is 0 Å². The number of pyridine rings is 1.